The zero-order chi connectivity index (χ0) is 14.9. The Kier molecular flexibility index (Phi) is 3.99. The number of aromatic nitrogens is 1. The van der Waals surface area contributed by atoms with E-state index in [0.29, 0.717) is 0 Å². The number of thiazole rings is 1. The van der Waals surface area contributed by atoms with Gasteiger partial charge in [0.15, 0.2) is 0 Å². The van der Waals surface area contributed by atoms with Gasteiger partial charge in [0.1, 0.15) is 6.04 Å². The summed E-state index contributed by atoms with van der Waals surface area (Å²) in [5.41, 5.74) is 1.73. The van der Waals surface area contributed by atoms with Crippen molar-refractivity contribution in [1.29, 1.82) is 0 Å². The topological polar surface area (TPSA) is 54.0 Å². The first kappa shape index (κ1) is 14.8. The fraction of sp³-hybridized carbons (Fsp3) is 0.467. The maximum Gasteiger partial charge on any atom is 0.242 e. The summed E-state index contributed by atoms with van der Waals surface area (Å²) in [6, 6.07) is 5.71. The Hall–Kier alpha value is -1.62. The molecule has 0 aliphatic rings. The van der Waals surface area contributed by atoms with E-state index in [0.717, 1.165) is 20.9 Å². The zero-order valence-electron chi connectivity index (χ0n) is 12.6. The summed E-state index contributed by atoms with van der Waals surface area (Å²) < 4.78 is 1.14. The monoisotopic (exact) mass is 291 g/mol. The standard InChI is InChI=1S/C15H21N3OS/c1-9(14(19)18-15(3,4)5)16-11-6-7-12-13(8-11)20-10(2)17-12/h6-9,16H,1-5H3,(H,18,19)/t9-/m0/s1. The molecule has 4 nitrogen and oxygen atoms in total. The number of carbonyl (C=O) groups is 1. The third kappa shape index (κ3) is 3.70. The smallest absolute Gasteiger partial charge is 0.242 e. The van der Waals surface area contributed by atoms with Gasteiger partial charge in [0.25, 0.3) is 0 Å². The molecule has 0 radical (unpaired) electrons. The number of nitrogens with zero attached hydrogens (tertiary/aromatic N) is 1. The second-order valence-electron chi connectivity index (χ2n) is 6.02. The first-order valence-corrected chi connectivity index (χ1v) is 7.52. The third-order valence-electron chi connectivity index (χ3n) is 2.77. The van der Waals surface area contributed by atoms with E-state index in [1.165, 1.54) is 0 Å². The molecule has 0 saturated heterocycles. The van der Waals surface area contributed by atoms with Crippen LogP contribution in [0.15, 0.2) is 18.2 Å². The average Bonchev–Trinajstić information content (AvgIpc) is 2.66. The van der Waals surface area contributed by atoms with E-state index in [9.17, 15) is 4.79 Å². The number of carbonyl (C=O) groups excluding carboxylic acids is 1. The number of anilines is 1. The lowest BCUT2D eigenvalue weighted by atomic mass is 10.1. The lowest BCUT2D eigenvalue weighted by molar-refractivity contribution is -0.122. The van der Waals surface area contributed by atoms with E-state index < -0.39 is 0 Å². The molecule has 0 aliphatic heterocycles. The Morgan fingerprint density at radius 1 is 1.35 bits per heavy atom. The van der Waals surface area contributed by atoms with Crippen LogP contribution >= 0.6 is 11.3 Å². The molecule has 2 N–H and O–H groups in total. The van der Waals surface area contributed by atoms with Crippen molar-refractivity contribution in [1.82, 2.24) is 10.3 Å². The predicted octanol–water partition coefficient (Wildman–Crippen LogP) is 3.32. The average molecular weight is 291 g/mol. The molecule has 20 heavy (non-hydrogen) atoms. The molecule has 0 spiro atoms. The van der Waals surface area contributed by atoms with Crippen molar-refractivity contribution >= 4 is 33.1 Å². The van der Waals surface area contributed by atoms with Crippen LogP contribution in [-0.2, 0) is 4.79 Å². The molecule has 0 fully saturated rings. The van der Waals surface area contributed by atoms with Gasteiger partial charge in [0.05, 0.1) is 15.2 Å². The van der Waals surface area contributed by atoms with E-state index in [2.05, 4.69) is 15.6 Å². The van der Waals surface area contributed by atoms with Crippen molar-refractivity contribution in [2.24, 2.45) is 0 Å². The summed E-state index contributed by atoms with van der Waals surface area (Å²) in [7, 11) is 0. The predicted molar refractivity (Wildman–Crippen MR) is 85.3 cm³/mol. The number of hydrogen-bond donors (Lipinski definition) is 2. The van der Waals surface area contributed by atoms with Crippen LogP contribution in [0.1, 0.15) is 32.7 Å². The molecule has 1 aromatic carbocycles. The van der Waals surface area contributed by atoms with Crippen LogP contribution in [0.2, 0.25) is 0 Å². The van der Waals surface area contributed by atoms with Crippen molar-refractivity contribution in [3.63, 3.8) is 0 Å². The molecule has 0 unspecified atom stereocenters. The lowest BCUT2D eigenvalue weighted by Gasteiger charge is -2.24. The first-order chi connectivity index (χ1) is 9.24. The largest absolute Gasteiger partial charge is 0.374 e. The molecule has 108 valence electrons. The number of amides is 1. The zero-order valence-corrected chi connectivity index (χ0v) is 13.4. The van der Waals surface area contributed by atoms with E-state index >= 15 is 0 Å². The number of hydrogen-bond acceptors (Lipinski definition) is 4. The SMILES string of the molecule is Cc1nc2ccc(N[C@@H](C)C(=O)NC(C)(C)C)cc2s1. The Labute approximate surface area is 123 Å². The molecule has 0 aliphatic carbocycles. The minimum absolute atomic E-state index is 0.00178. The van der Waals surface area contributed by atoms with Gasteiger partial charge in [-0.15, -0.1) is 11.3 Å². The quantitative estimate of drug-likeness (QED) is 0.912. The highest BCUT2D eigenvalue weighted by molar-refractivity contribution is 7.18. The number of aryl methyl sites for hydroxylation is 1. The molecule has 1 aromatic heterocycles. The molecule has 1 heterocycles. The number of nitrogens with one attached hydrogen (secondary N) is 2. The van der Waals surface area contributed by atoms with Gasteiger partial charge < -0.3 is 10.6 Å². The van der Waals surface area contributed by atoms with E-state index in [1.807, 2.05) is 52.8 Å². The Bertz CT molecular complexity index is 628. The van der Waals surface area contributed by atoms with E-state index in [4.69, 9.17) is 0 Å². The van der Waals surface area contributed by atoms with Gasteiger partial charge in [-0.05, 0) is 52.8 Å². The highest BCUT2D eigenvalue weighted by Crippen LogP contribution is 2.25. The molecule has 2 rings (SSSR count). The second-order valence-corrected chi connectivity index (χ2v) is 7.26. The summed E-state index contributed by atoms with van der Waals surface area (Å²) in [6.45, 7) is 9.79. The van der Waals surface area contributed by atoms with Crippen LogP contribution in [0.25, 0.3) is 10.2 Å². The van der Waals surface area contributed by atoms with Gasteiger partial charge in [-0.25, -0.2) is 4.98 Å². The summed E-state index contributed by atoms with van der Waals surface area (Å²) in [5.74, 6) is -0.00178. The van der Waals surface area contributed by atoms with Crippen molar-refractivity contribution in [3.05, 3.63) is 23.2 Å². The third-order valence-corrected chi connectivity index (χ3v) is 3.70. The maximum atomic E-state index is 12.0. The first-order valence-electron chi connectivity index (χ1n) is 6.70. The van der Waals surface area contributed by atoms with Gasteiger partial charge in [-0.2, -0.15) is 0 Å². The maximum absolute atomic E-state index is 12.0. The van der Waals surface area contributed by atoms with Crippen molar-refractivity contribution in [3.8, 4) is 0 Å². The molecule has 2 aromatic rings. The van der Waals surface area contributed by atoms with Crippen LogP contribution in [0.3, 0.4) is 0 Å². The highest BCUT2D eigenvalue weighted by Gasteiger charge is 2.19. The highest BCUT2D eigenvalue weighted by atomic mass is 32.1. The molecular formula is C15H21N3OS. The van der Waals surface area contributed by atoms with Crippen LogP contribution in [0.4, 0.5) is 5.69 Å². The number of benzene rings is 1. The summed E-state index contributed by atoms with van der Waals surface area (Å²) in [6.07, 6.45) is 0. The Balaban J connectivity index is 2.09. The summed E-state index contributed by atoms with van der Waals surface area (Å²) in [4.78, 5) is 16.5. The van der Waals surface area contributed by atoms with Gasteiger partial charge in [-0.3, -0.25) is 4.79 Å². The van der Waals surface area contributed by atoms with E-state index in [1.54, 1.807) is 11.3 Å². The van der Waals surface area contributed by atoms with Crippen molar-refractivity contribution in [2.45, 2.75) is 46.2 Å². The minimum Gasteiger partial charge on any atom is -0.374 e. The lowest BCUT2D eigenvalue weighted by Crippen LogP contribution is -2.47. The van der Waals surface area contributed by atoms with Crippen LogP contribution in [0, 0.1) is 6.92 Å². The Morgan fingerprint density at radius 3 is 2.70 bits per heavy atom. The van der Waals surface area contributed by atoms with Crippen molar-refractivity contribution in [2.75, 3.05) is 5.32 Å². The van der Waals surface area contributed by atoms with Gasteiger partial charge in [0, 0.05) is 11.2 Å². The van der Waals surface area contributed by atoms with Gasteiger partial charge in [-0.1, -0.05) is 0 Å². The minimum atomic E-state index is -0.277. The molecule has 1 atom stereocenters. The fourth-order valence-electron chi connectivity index (χ4n) is 1.92. The summed E-state index contributed by atoms with van der Waals surface area (Å²) in [5, 5.41) is 7.25. The van der Waals surface area contributed by atoms with Crippen LogP contribution in [0.5, 0.6) is 0 Å². The van der Waals surface area contributed by atoms with Crippen LogP contribution in [-0.4, -0.2) is 22.5 Å². The molecule has 0 saturated carbocycles. The normalized spacial score (nSPS) is 13.2. The molecular weight excluding hydrogens is 270 g/mol. The molecule has 1 amide bonds. The molecule has 5 heteroatoms. The van der Waals surface area contributed by atoms with Crippen LogP contribution < -0.4 is 10.6 Å². The van der Waals surface area contributed by atoms with E-state index in [-0.39, 0.29) is 17.5 Å². The Morgan fingerprint density at radius 2 is 2.05 bits per heavy atom. The van der Waals surface area contributed by atoms with Crippen molar-refractivity contribution < 1.29 is 4.79 Å². The number of fused-ring (bicyclic) bond motifs is 1. The molecule has 0 bridgehead atoms. The second kappa shape index (κ2) is 5.40. The fourth-order valence-corrected chi connectivity index (χ4v) is 2.79. The van der Waals surface area contributed by atoms with Gasteiger partial charge >= 0.3 is 0 Å². The van der Waals surface area contributed by atoms with Gasteiger partial charge in [0.2, 0.25) is 5.91 Å². The number of rotatable bonds is 3. The summed E-state index contributed by atoms with van der Waals surface area (Å²) >= 11 is 1.66.